The van der Waals surface area contributed by atoms with Gasteiger partial charge in [-0.2, -0.15) is 0 Å². The van der Waals surface area contributed by atoms with Gasteiger partial charge in [0, 0.05) is 22.7 Å². The predicted octanol–water partition coefficient (Wildman–Crippen LogP) is 4.35. The number of aromatic nitrogens is 2. The van der Waals surface area contributed by atoms with Crippen LogP contribution in [0.5, 0.6) is 11.5 Å². The quantitative estimate of drug-likeness (QED) is 0.384. The van der Waals surface area contributed by atoms with Crippen LogP contribution in [0.1, 0.15) is 21.6 Å². The van der Waals surface area contributed by atoms with Crippen molar-refractivity contribution in [1.29, 1.82) is 0 Å². The fourth-order valence-corrected chi connectivity index (χ4v) is 3.70. The highest BCUT2D eigenvalue weighted by atomic mass is 35.5. The zero-order chi connectivity index (χ0) is 21.8. The van der Waals surface area contributed by atoms with Crippen molar-refractivity contribution in [1.82, 2.24) is 9.38 Å². The molecule has 0 atom stereocenters. The Kier molecular flexibility index (Phi) is 6.20. The van der Waals surface area contributed by atoms with E-state index in [1.165, 1.54) is 28.9 Å². The third kappa shape index (κ3) is 4.87. The number of fused-ring (bicyclic) bond motifs is 1. The van der Waals surface area contributed by atoms with Crippen LogP contribution in [0.3, 0.4) is 0 Å². The van der Waals surface area contributed by atoms with Gasteiger partial charge in [0.2, 0.25) is 0 Å². The molecule has 31 heavy (non-hydrogen) atoms. The number of hydrogen-bond donors (Lipinski definition) is 0. The first-order valence-corrected chi connectivity index (χ1v) is 10.5. The molecule has 0 fully saturated rings. The first kappa shape index (κ1) is 20.9. The van der Waals surface area contributed by atoms with Crippen LogP contribution in [0, 0.1) is 0 Å². The molecule has 4 aromatic rings. The van der Waals surface area contributed by atoms with E-state index in [-0.39, 0.29) is 12.2 Å². The van der Waals surface area contributed by atoms with Crippen LogP contribution in [0.25, 0.3) is 4.96 Å². The minimum Gasteiger partial charge on any atom is -0.493 e. The molecule has 2 aromatic heterocycles. The molecular weight excluding hydrogens is 440 g/mol. The Balaban J connectivity index is 1.42. The van der Waals surface area contributed by atoms with E-state index in [0.717, 1.165) is 5.56 Å². The highest BCUT2D eigenvalue weighted by Gasteiger charge is 2.14. The molecule has 0 amide bonds. The topological polar surface area (TPSA) is 79.1 Å². The van der Waals surface area contributed by atoms with Gasteiger partial charge in [-0.05, 0) is 35.9 Å². The molecule has 0 spiro atoms. The fourth-order valence-electron chi connectivity index (χ4n) is 2.84. The molecule has 0 unspecified atom stereocenters. The summed E-state index contributed by atoms with van der Waals surface area (Å²) in [5.41, 5.74) is 1.41. The third-order valence-electron chi connectivity index (χ3n) is 4.41. The van der Waals surface area contributed by atoms with Gasteiger partial charge in [0.25, 0.3) is 5.56 Å². The number of thiazole rings is 1. The summed E-state index contributed by atoms with van der Waals surface area (Å²) >= 11 is 7.22. The second kappa shape index (κ2) is 9.20. The number of halogens is 1. The minimum absolute atomic E-state index is 0.112. The Hall–Kier alpha value is -3.36. The average Bonchev–Trinajstić information content (AvgIpc) is 3.26. The molecule has 158 valence electrons. The SMILES string of the molecule is COc1cc(C(=O)OCc2cc(=O)n3ccsc3n2)ccc1OCc1ccc(Cl)cc1. The van der Waals surface area contributed by atoms with Gasteiger partial charge in [-0.1, -0.05) is 23.7 Å². The van der Waals surface area contributed by atoms with E-state index in [4.69, 9.17) is 25.8 Å². The molecular formula is C22H17ClN2O5S. The lowest BCUT2D eigenvalue weighted by molar-refractivity contribution is 0.0467. The number of rotatable bonds is 7. The van der Waals surface area contributed by atoms with Crippen molar-refractivity contribution in [2.75, 3.05) is 7.11 Å². The monoisotopic (exact) mass is 456 g/mol. The summed E-state index contributed by atoms with van der Waals surface area (Å²) in [5.74, 6) is 0.336. The number of benzene rings is 2. The third-order valence-corrected chi connectivity index (χ3v) is 5.42. The van der Waals surface area contributed by atoms with Gasteiger partial charge in [0.1, 0.15) is 13.2 Å². The zero-order valence-electron chi connectivity index (χ0n) is 16.4. The van der Waals surface area contributed by atoms with Gasteiger partial charge >= 0.3 is 5.97 Å². The molecule has 2 heterocycles. The summed E-state index contributed by atoms with van der Waals surface area (Å²) in [4.78, 5) is 29.4. The van der Waals surface area contributed by atoms with Crippen molar-refractivity contribution >= 4 is 33.9 Å². The highest BCUT2D eigenvalue weighted by molar-refractivity contribution is 7.15. The smallest absolute Gasteiger partial charge is 0.338 e. The van der Waals surface area contributed by atoms with Crippen LogP contribution < -0.4 is 15.0 Å². The highest BCUT2D eigenvalue weighted by Crippen LogP contribution is 2.29. The first-order chi connectivity index (χ1) is 15.0. The molecule has 9 heteroatoms. The molecule has 0 saturated heterocycles. The molecule has 7 nitrogen and oxygen atoms in total. The van der Waals surface area contributed by atoms with Crippen molar-refractivity contribution in [3.05, 3.63) is 92.3 Å². The van der Waals surface area contributed by atoms with Crippen LogP contribution in [0.4, 0.5) is 0 Å². The van der Waals surface area contributed by atoms with Crippen LogP contribution >= 0.6 is 22.9 Å². The normalized spacial score (nSPS) is 10.8. The largest absolute Gasteiger partial charge is 0.493 e. The van der Waals surface area contributed by atoms with Gasteiger partial charge in [0.05, 0.1) is 18.4 Å². The Bertz CT molecular complexity index is 1280. The van der Waals surface area contributed by atoms with Crippen LogP contribution in [0.2, 0.25) is 5.02 Å². The van der Waals surface area contributed by atoms with E-state index in [2.05, 4.69) is 4.98 Å². The predicted molar refractivity (Wildman–Crippen MR) is 117 cm³/mol. The minimum atomic E-state index is -0.560. The maximum atomic E-state index is 12.5. The molecule has 4 rings (SSSR count). The number of methoxy groups -OCH3 is 1. The second-order valence-corrected chi connectivity index (χ2v) is 7.81. The van der Waals surface area contributed by atoms with Gasteiger partial charge in [-0.3, -0.25) is 9.20 Å². The number of hydrogen-bond acceptors (Lipinski definition) is 7. The van der Waals surface area contributed by atoms with E-state index in [0.29, 0.717) is 39.3 Å². The number of ether oxygens (including phenoxy) is 3. The molecule has 0 saturated carbocycles. The summed E-state index contributed by atoms with van der Waals surface area (Å²) in [7, 11) is 1.49. The van der Waals surface area contributed by atoms with E-state index < -0.39 is 5.97 Å². The maximum Gasteiger partial charge on any atom is 0.338 e. The number of carbonyl (C=O) groups is 1. The van der Waals surface area contributed by atoms with Gasteiger partial charge in [-0.15, -0.1) is 11.3 Å². The lowest BCUT2D eigenvalue weighted by Gasteiger charge is -2.12. The summed E-state index contributed by atoms with van der Waals surface area (Å²) in [6, 6.07) is 13.4. The van der Waals surface area contributed by atoms with Crippen molar-refractivity contribution in [2.24, 2.45) is 0 Å². The Morgan fingerprint density at radius 3 is 2.68 bits per heavy atom. The van der Waals surface area contributed by atoms with Gasteiger partial charge in [0.15, 0.2) is 16.5 Å². The Labute approximate surface area is 186 Å². The van der Waals surface area contributed by atoms with E-state index >= 15 is 0 Å². The van der Waals surface area contributed by atoms with Crippen molar-refractivity contribution < 1.29 is 19.0 Å². The maximum absolute atomic E-state index is 12.5. The Morgan fingerprint density at radius 1 is 1.10 bits per heavy atom. The molecule has 0 radical (unpaired) electrons. The summed E-state index contributed by atoms with van der Waals surface area (Å²) in [5, 5.41) is 2.42. The molecule has 2 aromatic carbocycles. The summed E-state index contributed by atoms with van der Waals surface area (Å²) in [6.07, 6.45) is 1.65. The summed E-state index contributed by atoms with van der Waals surface area (Å²) < 4.78 is 17.9. The number of nitrogens with zero attached hydrogens (tertiary/aromatic N) is 2. The van der Waals surface area contributed by atoms with Gasteiger partial charge < -0.3 is 14.2 Å². The molecule has 0 aliphatic carbocycles. The molecule has 0 bridgehead atoms. The lowest BCUT2D eigenvalue weighted by Crippen LogP contribution is -2.14. The molecule has 0 aliphatic rings. The van der Waals surface area contributed by atoms with Crippen LogP contribution in [-0.2, 0) is 18.0 Å². The average molecular weight is 457 g/mol. The van der Waals surface area contributed by atoms with Gasteiger partial charge in [-0.25, -0.2) is 9.78 Å². The van der Waals surface area contributed by atoms with Crippen molar-refractivity contribution in [3.8, 4) is 11.5 Å². The van der Waals surface area contributed by atoms with E-state index in [1.807, 2.05) is 12.1 Å². The zero-order valence-corrected chi connectivity index (χ0v) is 18.0. The second-order valence-electron chi connectivity index (χ2n) is 6.50. The van der Waals surface area contributed by atoms with Crippen LogP contribution in [-0.4, -0.2) is 22.5 Å². The lowest BCUT2D eigenvalue weighted by atomic mass is 10.2. The molecule has 0 aliphatic heterocycles. The van der Waals surface area contributed by atoms with Crippen molar-refractivity contribution in [2.45, 2.75) is 13.2 Å². The Morgan fingerprint density at radius 2 is 1.90 bits per heavy atom. The van der Waals surface area contributed by atoms with Crippen LogP contribution in [0.15, 0.2) is 64.9 Å². The fraction of sp³-hybridized carbons (Fsp3) is 0.136. The molecule has 0 N–H and O–H groups in total. The first-order valence-electron chi connectivity index (χ1n) is 9.21. The standard InChI is InChI=1S/C22H17ClN2O5S/c1-28-19-10-15(4-7-18(19)29-12-14-2-5-16(23)6-3-14)21(27)30-13-17-11-20(26)25-8-9-31-22(25)24-17/h2-11H,12-13H2,1H3. The number of esters is 1. The van der Waals surface area contributed by atoms with E-state index in [9.17, 15) is 9.59 Å². The van der Waals surface area contributed by atoms with Crippen molar-refractivity contribution in [3.63, 3.8) is 0 Å². The number of carbonyl (C=O) groups excluding carboxylic acids is 1. The van der Waals surface area contributed by atoms with E-state index in [1.54, 1.807) is 41.9 Å². The summed E-state index contributed by atoms with van der Waals surface area (Å²) in [6.45, 7) is 0.212.